The van der Waals surface area contributed by atoms with Crippen LogP contribution in [0.4, 0.5) is 0 Å². The lowest BCUT2D eigenvalue weighted by Crippen LogP contribution is -2.18. The Bertz CT molecular complexity index is 328. The Balaban J connectivity index is 0.000000568. The first-order valence-electron chi connectivity index (χ1n) is 9.10. The zero-order valence-corrected chi connectivity index (χ0v) is 14.6. The van der Waals surface area contributed by atoms with Crippen LogP contribution in [0.2, 0.25) is 0 Å². The van der Waals surface area contributed by atoms with Gasteiger partial charge in [0.05, 0.1) is 0 Å². The second-order valence-electron chi connectivity index (χ2n) is 6.15. The van der Waals surface area contributed by atoms with Gasteiger partial charge in [-0.25, -0.2) is 0 Å². The minimum atomic E-state index is -0.657. The topological polar surface area (TPSA) is 83.5 Å². The van der Waals surface area contributed by atoms with E-state index in [1.54, 1.807) is 0 Å². The summed E-state index contributed by atoms with van der Waals surface area (Å²) in [6, 6.07) is 0. The van der Waals surface area contributed by atoms with Crippen molar-refractivity contribution >= 4 is 17.8 Å². The maximum Gasteiger partial charge on any atom is 0.303 e. The van der Waals surface area contributed by atoms with E-state index in [-0.39, 0.29) is 11.8 Å². The second-order valence-corrected chi connectivity index (χ2v) is 6.15. The SMILES string of the molecule is CCCCCCCCCCCCCC(=O)O.O=C1CCC(=O)N1. The van der Waals surface area contributed by atoms with Gasteiger partial charge in [0.15, 0.2) is 0 Å². The Morgan fingerprint density at radius 2 is 1.22 bits per heavy atom. The molecule has 1 saturated heterocycles. The van der Waals surface area contributed by atoms with E-state index in [2.05, 4.69) is 12.2 Å². The number of carbonyl (C=O) groups is 3. The van der Waals surface area contributed by atoms with Crippen LogP contribution in [-0.2, 0) is 14.4 Å². The van der Waals surface area contributed by atoms with E-state index in [4.69, 9.17) is 5.11 Å². The van der Waals surface area contributed by atoms with Crippen LogP contribution in [0.3, 0.4) is 0 Å². The van der Waals surface area contributed by atoms with Gasteiger partial charge in [0.2, 0.25) is 11.8 Å². The lowest BCUT2D eigenvalue weighted by Gasteiger charge is -2.01. The summed E-state index contributed by atoms with van der Waals surface area (Å²) in [4.78, 5) is 30.5. The molecule has 1 aliphatic rings. The van der Waals surface area contributed by atoms with Gasteiger partial charge < -0.3 is 5.11 Å². The number of carbonyl (C=O) groups excluding carboxylic acids is 2. The van der Waals surface area contributed by atoms with Crippen molar-refractivity contribution in [3.8, 4) is 0 Å². The summed E-state index contributed by atoms with van der Waals surface area (Å²) in [6.45, 7) is 2.25. The normalized spacial score (nSPS) is 13.4. The molecule has 0 bridgehead atoms. The molecular weight excluding hydrogens is 294 g/mol. The predicted octanol–water partition coefficient (Wildman–Crippen LogP) is 4.20. The van der Waals surface area contributed by atoms with Crippen molar-refractivity contribution in [2.75, 3.05) is 0 Å². The van der Waals surface area contributed by atoms with Gasteiger partial charge in [0.25, 0.3) is 0 Å². The summed E-state index contributed by atoms with van der Waals surface area (Å²) in [5.74, 6) is -0.953. The van der Waals surface area contributed by atoms with Crippen LogP contribution >= 0.6 is 0 Å². The van der Waals surface area contributed by atoms with E-state index < -0.39 is 5.97 Å². The number of carboxylic acids is 1. The average Bonchev–Trinajstić information content (AvgIpc) is 2.88. The molecule has 0 spiro atoms. The highest BCUT2D eigenvalue weighted by Gasteiger charge is 2.15. The maximum atomic E-state index is 10.3. The van der Waals surface area contributed by atoms with Crippen molar-refractivity contribution < 1.29 is 19.5 Å². The first-order chi connectivity index (χ1) is 11.1. The largest absolute Gasteiger partial charge is 0.481 e. The number of hydrogen-bond donors (Lipinski definition) is 2. The molecule has 0 aromatic rings. The smallest absolute Gasteiger partial charge is 0.303 e. The van der Waals surface area contributed by atoms with E-state index >= 15 is 0 Å². The first-order valence-corrected chi connectivity index (χ1v) is 9.10. The number of carboxylic acid groups (broad SMARTS) is 1. The fraction of sp³-hybridized carbons (Fsp3) is 0.833. The minimum absolute atomic E-state index is 0.148. The Morgan fingerprint density at radius 1 is 0.826 bits per heavy atom. The molecule has 23 heavy (non-hydrogen) atoms. The van der Waals surface area contributed by atoms with E-state index in [0.29, 0.717) is 19.3 Å². The van der Waals surface area contributed by atoms with Gasteiger partial charge in [-0.05, 0) is 6.42 Å². The number of imide groups is 1. The van der Waals surface area contributed by atoms with Crippen molar-refractivity contribution in [3.63, 3.8) is 0 Å². The summed E-state index contributed by atoms with van der Waals surface area (Å²) in [7, 11) is 0. The summed E-state index contributed by atoms with van der Waals surface area (Å²) < 4.78 is 0. The van der Waals surface area contributed by atoms with Gasteiger partial charge in [0.1, 0.15) is 0 Å². The third-order valence-corrected chi connectivity index (χ3v) is 3.85. The van der Waals surface area contributed by atoms with Gasteiger partial charge in [-0.1, -0.05) is 71.1 Å². The zero-order valence-electron chi connectivity index (χ0n) is 14.6. The van der Waals surface area contributed by atoms with Gasteiger partial charge in [0, 0.05) is 19.3 Å². The Hall–Kier alpha value is -1.39. The second kappa shape index (κ2) is 15.5. The van der Waals surface area contributed by atoms with Crippen molar-refractivity contribution in [3.05, 3.63) is 0 Å². The van der Waals surface area contributed by atoms with Crippen LogP contribution in [0.25, 0.3) is 0 Å². The Labute approximate surface area is 140 Å². The number of nitrogens with one attached hydrogen (secondary N) is 1. The molecule has 2 N–H and O–H groups in total. The fourth-order valence-corrected chi connectivity index (χ4v) is 2.45. The molecule has 1 aliphatic heterocycles. The van der Waals surface area contributed by atoms with Crippen LogP contribution in [0, 0.1) is 0 Å². The predicted molar refractivity (Wildman–Crippen MR) is 91.1 cm³/mol. The van der Waals surface area contributed by atoms with E-state index in [9.17, 15) is 14.4 Å². The van der Waals surface area contributed by atoms with Gasteiger partial charge in [-0.15, -0.1) is 0 Å². The first kappa shape index (κ1) is 21.6. The number of amides is 2. The minimum Gasteiger partial charge on any atom is -0.481 e. The third-order valence-electron chi connectivity index (χ3n) is 3.85. The van der Waals surface area contributed by atoms with Crippen LogP contribution < -0.4 is 5.32 Å². The molecule has 0 saturated carbocycles. The molecule has 0 aliphatic carbocycles. The molecule has 134 valence electrons. The monoisotopic (exact) mass is 327 g/mol. The molecule has 2 amide bonds. The molecule has 0 unspecified atom stereocenters. The van der Waals surface area contributed by atoms with Crippen molar-refractivity contribution in [2.24, 2.45) is 0 Å². The summed E-state index contributed by atoms with van der Waals surface area (Å²) in [5.41, 5.74) is 0. The van der Waals surface area contributed by atoms with E-state index in [0.717, 1.165) is 12.8 Å². The van der Waals surface area contributed by atoms with Gasteiger partial charge in [-0.2, -0.15) is 0 Å². The quantitative estimate of drug-likeness (QED) is 0.416. The molecule has 1 fully saturated rings. The highest BCUT2D eigenvalue weighted by molar-refractivity contribution is 6.01. The molecule has 1 rings (SSSR count). The molecule has 0 aromatic heterocycles. The molecule has 1 heterocycles. The highest BCUT2D eigenvalue weighted by Crippen LogP contribution is 2.11. The van der Waals surface area contributed by atoms with Gasteiger partial charge in [-0.3, -0.25) is 19.7 Å². The average molecular weight is 327 g/mol. The molecular formula is C18H33NO4. The molecule has 0 radical (unpaired) electrons. The van der Waals surface area contributed by atoms with E-state index in [1.807, 2.05) is 0 Å². The number of rotatable bonds is 12. The molecule has 0 aromatic carbocycles. The number of unbranched alkanes of at least 4 members (excludes halogenated alkanes) is 10. The van der Waals surface area contributed by atoms with Gasteiger partial charge >= 0.3 is 5.97 Å². The van der Waals surface area contributed by atoms with Crippen LogP contribution in [0.15, 0.2) is 0 Å². The lowest BCUT2D eigenvalue weighted by atomic mass is 10.1. The maximum absolute atomic E-state index is 10.3. The highest BCUT2D eigenvalue weighted by atomic mass is 16.4. The van der Waals surface area contributed by atoms with Crippen LogP contribution in [-0.4, -0.2) is 22.9 Å². The van der Waals surface area contributed by atoms with Crippen molar-refractivity contribution in [1.82, 2.24) is 5.32 Å². The standard InChI is InChI=1S/C14H28O2.C4H5NO2/c1-2-3-4-5-6-7-8-9-10-11-12-13-14(15)16;6-3-1-2-4(7)5-3/h2-13H2,1H3,(H,15,16);1-2H2,(H,5,6,7). The zero-order chi connectivity index (χ0) is 17.3. The molecule has 5 nitrogen and oxygen atoms in total. The molecule has 5 heteroatoms. The lowest BCUT2D eigenvalue weighted by molar-refractivity contribution is -0.137. The Kier molecular flexibility index (Phi) is 14.6. The summed E-state index contributed by atoms with van der Waals surface area (Å²) in [6.07, 6.45) is 15.1. The summed E-state index contributed by atoms with van der Waals surface area (Å²) >= 11 is 0. The number of hydrogen-bond acceptors (Lipinski definition) is 3. The third kappa shape index (κ3) is 16.8. The van der Waals surface area contributed by atoms with Crippen LogP contribution in [0.5, 0.6) is 0 Å². The van der Waals surface area contributed by atoms with E-state index in [1.165, 1.54) is 57.8 Å². The van der Waals surface area contributed by atoms with Crippen molar-refractivity contribution in [1.29, 1.82) is 0 Å². The summed E-state index contributed by atoms with van der Waals surface area (Å²) in [5, 5.41) is 10.6. The number of aliphatic carboxylic acids is 1. The fourth-order valence-electron chi connectivity index (χ4n) is 2.45. The molecule has 0 atom stereocenters. The Morgan fingerprint density at radius 3 is 1.52 bits per heavy atom. The van der Waals surface area contributed by atoms with Crippen LogP contribution in [0.1, 0.15) is 96.8 Å². The van der Waals surface area contributed by atoms with Crippen molar-refractivity contribution in [2.45, 2.75) is 96.8 Å².